The third-order valence-corrected chi connectivity index (χ3v) is 8.00. The Labute approximate surface area is 201 Å². The highest BCUT2D eigenvalue weighted by atomic mass is 32.1. The van der Waals surface area contributed by atoms with E-state index in [-0.39, 0.29) is 17.9 Å². The Kier molecular flexibility index (Phi) is 5.98. The fraction of sp³-hybridized carbons (Fsp3) is 0.409. The zero-order chi connectivity index (χ0) is 24.0. The lowest BCUT2D eigenvalue weighted by molar-refractivity contribution is -0.137. The molecule has 3 aromatic rings. The number of rotatable bonds is 4. The van der Waals surface area contributed by atoms with Crippen LogP contribution < -0.4 is 4.74 Å². The van der Waals surface area contributed by atoms with E-state index in [1.54, 1.807) is 20.7 Å². The molecule has 12 heteroatoms. The first-order valence-electron chi connectivity index (χ1n) is 10.6. The van der Waals surface area contributed by atoms with Crippen LogP contribution in [-0.4, -0.2) is 83.9 Å². The lowest BCUT2D eigenvalue weighted by Gasteiger charge is -2.48. The summed E-state index contributed by atoms with van der Waals surface area (Å²) in [5.41, 5.74) is 1.36. The van der Waals surface area contributed by atoms with Crippen molar-refractivity contribution in [2.45, 2.75) is 12.2 Å². The highest BCUT2D eigenvalue weighted by Crippen LogP contribution is 2.42. The van der Waals surface area contributed by atoms with Crippen LogP contribution in [0.4, 0.5) is 13.2 Å². The normalized spacial score (nSPS) is 17.8. The number of amides is 2. The fourth-order valence-corrected chi connectivity index (χ4v) is 6.06. The number of thiazole rings is 1. The summed E-state index contributed by atoms with van der Waals surface area (Å²) in [6.07, 6.45) is -4.45. The molecule has 2 fully saturated rings. The number of hydrogen-bond acceptors (Lipinski definition) is 7. The Hall–Kier alpha value is -2.70. The molecule has 0 saturated carbocycles. The molecule has 2 aromatic heterocycles. The van der Waals surface area contributed by atoms with E-state index < -0.39 is 11.7 Å². The Morgan fingerprint density at radius 2 is 1.82 bits per heavy atom. The van der Waals surface area contributed by atoms with Gasteiger partial charge in [0.2, 0.25) is 0 Å². The van der Waals surface area contributed by atoms with E-state index in [1.807, 2.05) is 0 Å². The van der Waals surface area contributed by atoms with Crippen LogP contribution in [-0.2, 0) is 6.18 Å². The number of methoxy groups -OCH3 is 1. The number of thiophene rings is 1. The second-order valence-corrected chi connectivity index (χ2v) is 10.0. The monoisotopic (exact) mass is 510 g/mol. The second kappa shape index (κ2) is 8.82. The van der Waals surface area contributed by atoms with Gasteiger partial charge in [-0.3, -0.25) is 14.5 Å². The molecule has 0 spiro atoms. The van der Waals surface area contributed by atoms with Gasteiger partial charge in [0.1, 0.15) is 16.3 Å². The predicted molar refractivity (Wildman–Crippen MR) is 123 cm³/mol. The van der Waals surface area contributed by atoms with Gasteiger partial charge in [0.25, 0.3) is 11.8 Å². The molecule has 0 atom stereocenters. The highest BCUT2D eigenvalue weighted by molar-refractivity contribution is 7.21. The van der Waals surface area contributed by atoms with Gasteiger partial charge in [0.15, 0.2) is 0 Å². The molecule has 2 aliphatic rings. The number of hydrogen-bond donors (Lipinski definition) is 0. The molecular weight excluding hydrogens is 489 g/mol. The number of carbonyl (C=O) groups is 2. The molecule has 0 N–H and O–H groups in total. The molecule has 0 unspecified atom stereocenters. The highest BCUT2D eigenvalue weighted by Gasteiger charge is 2.39. The van der Waals surface area contributed by atoms with Gasteiger partial charge in [0.05, 0.1) is 18.2 Å². The molecule has 1 aromatic carbocycles. The minimum absolute atomic E-state index is 0.0585. The Bertz CT molecular complexity index is 1210. The number of carbonyl (C=O) groups excluding carboxylic acids is 2. The summed E-state index contributed by atoms with van der Waals surface area (Å²) in [5, 5.41) is 2.25. The van der Waals surface area contributed by atoms with E-state index in [9.17, 15) is 22.8 Å². The molecule has 2 amide bonds. The average molecular weight is 511 g/mol. The number of alkyl halides is 3. The van der Waals surface area contributed by atoms with E-state index >= 15 is 0 Å². The molecule has 34 heavy (non-hydrogen) atoms. The third-order valence-electron chi connectivity index (χ3n) is 6.29. The van der Waals surface area contributed by atoms with Crippen LogP contribution in [0, 0.1) is 0 Å². The lowest BCUT2D eigenvalue weighted by atomic mass is 10.1. The van der Waals surface area contributed by atoms with Gasteiger partial charge in [-0.2, -0.15) is 13.2 Å². The smallest absolute Gasteiger partial charge is 0.416 e. The number of nitrogens with zero attached hydrogens (tertiary/aromatic N) is 4. The van der Waals surface area contributed by atoms with Crippen molar-refractivity contribution >= 4 is 44.6 Å². The molecule has 0 bridgehead atoms. The van der Waals surface area contributed by atoms with E-state index in [1.165, 1.54) is 24.5 Å². The summed E-state index contributed by atoms with van der Waals surface area (Å²) in [4.78, 5) is 35.7. The Morgan fingerprint density at radius 1 is 1.09 bits per heavy atom. The van der Waals surface area contributed by atoms with Crippen molar-refractivity contribution in [2.24, 2.45) is 0 Å². The number of halogens is 3. The van der Waals surface area contributed by atoms with Gasteiger partial charge in [-0.1, -0.05) is 0 Å². The van der Waals surface area contributed by atoms with Crippen molar-refractivity contribution < 1.29 is 27.5 Å². The number of benzene rings is 1. The van der Waals surface area contributed by atoms with Gasteiger partial charge in [0, 0.05) is 60.8 Å². The van der Waals surface area contributed by atoms with Crippen LogP contribution in [0.2, 0.25) is 0 Å². The third kappa shape index (κ3) is 4.14. The molecular formula is C22H21F3N4O3S2. The van der Waals surface area contributed by atoms with Crippen molar-refractivity contribution in [3.63, 3.8) is 0 Å². The standard InChI is InChI=1S/C22H21F3N4O3S2/c1-32-18-15-3-2-13(22(23,24)25)8-17(15)34-19(18)21(31)29-9-14(10-29)27-4-6-28(7-5-27)20(30)16-11-33-12-26-16/h2-3,8,11-12,14H,4-7,9-10H2,1H3. The van der Waals surface area contributed by atoms with Crippen molar-refractivity contribution in [3.8, 4) is 5.75 Å². The predicted octanol–water partition coefficient (Wildman–Crippen LogP) is 3.67. The maximum absolute atomic E-state index is 13.1. The first-order valence-corrected chi connectivity index (χ1v) is 12.4. The molecule has 7 nitrogen and oxygen atoms in total. The minimum Gasteiger partial charge on any atom is -0.494 e. The van der Waals surface area contributed by atoms with Gasteiger partial charge in [-0.05, 0) is 18.2 Å². The van der Waals surface area contributed by atoms with E-state index in [4.69, 9.17) is 4.74 Å². The van der Waals surface area contributed by atoms with Crippen LogP contribution in [0.25, 0.3) is 10.1 Å². The van der Waals surface area contributed by atoms with Crippen LogP contribution in [0.15, 0.2) is 29.1 Å². The van der Waals surface area contributed by atoms with Gasteiger partial charge < -0.3 is 14.5 Å². The number of aromatic nitrogens is 1. The van der Waals surface area contributed by atoms with Crippen molar-refractivity contribution in [3.05, 3.63) is 45.2 Å². The summed E-state index contributed by atoms with van der Waals surface area (Å²) in [7, 11) is 1.42. The van der Waals surface area contributed by atoms with Gasteiger partial charge >= 0.3 is 6.18 Å². The van der Waals surface area contributed by atoms with E-state index in [0.29, 0.717) is 52.6 Å². The van der Waals surface area contributed by atoms with Gasteiger partial charge in [-0.15, -0.1) is 22.7 Å². The van der Waals surface area contributed by atoms with E-state index in [2.05, 4.69) is 9.88 Å². The first kappa shape index (κ1) is 23.1. The lowest BCUT2D eigenvalue weighted by Crippen LogP contribution is -2.64. The fourth-order valence-electron chi connectivity index (χ4n) is 4.36. The summed E-state index contributed by atoms with van der Waals surface area (Å²) >= 11 is 2.42. The largest absolute Gasteiger partial charge is 0.494 e. The summed E-state index contributed by atoms with van der Waals surface area (Å²) in [6.45, 7) is 3.71. The molecule has 5 rings (SSSR count). The SMILES string of the molecule is COc1c(C(=O)N2CC(N3CCN(C(=O)c4cscn4)CC3)C2)sc2cc(C(F)(F)F)ccc12. The molecule has 0 radical (unpaired) electrons. The molecule has 2 aliphatic heterocycles. The number of piperazine rings is 1. The van der Waals surface area contributed by atoms with Gasteiger partial charge in [-0.25, -0.2) is 4.98 Å². The second-order valence-electron chi connectivity index (χ2n) is 8.24. The minimum atomic E-state index is -4.45. The quantitative estimate of drug-likeness (QED) is 0.536. The first-order chi connectivity index (χ1) is 16.3. The zero-order valence-electron chi connectivity index (χ0n) is 18.2. The zero-order valence-corrected chi connectivity index (χ0v) is 19.8. The topological polar surface area (TPSA) is 66.0 Å². The van der Waals surface area contributed by atoms with Crippen molar-refractivity contribution in [2.75, 3.05) is 46.4 Å². The molecule has 180 valence electrons. The van der Waals surface area contributed by atoms with Crippen molar-refractivity contribution in [1.82, 2.24) is 19.7 Å². The van der Waals surface area contributed by atoms with Crippen LogP contribution in [0.5, 0.6) is 5.75 Å². The average Bonchev–Trinajstić information content (AvgIpc) is 3.45. The molecule has 4 heterocycles. The maximum atomic E-state index is 13.1. The number of ether oxygens (including phenoxy) is 1. The summed E-state index contributed by atoms with van der Waals surface area (Å²) in [5.74, 6) is 0.0217. The Morgan fingerprint density at radius 3 is 2.44 bits per heavy atom. The van der Waals surface area contributed by atoms with Crippen molar-refractivity contribution in [1.29, 1.82) is 0 Å². The van der Waals surface area contributed by atoms with Crippen LogP contribution in [0.1, 0.15) is 25.7 Å². The molecule has 0 aliphatic carbocycles. The van der Waals surface area contributed by atoms with E-state index in [0.717, 1.165) is 36.6 Å². The summed E-state index contributed by atoms with van der Waals surface area (Å²) in [6, 6.07) is 3.61. The number of likely N-dealkylation sites (tertiary alicyclic amines) is 1. The Balaban J connectivity index is 1.22. The van der Waals surface area contributed by atoms with Crippen LogP contribution >= 0.6 is 22.7 Å². The molecule has 2 saturated heterocycles. The summed E-state index contributed by atoms with van der Waals surface area (Å²) < 4.78 is 45.0. The maximum Gasteiger partial charge on any atom is 0.416 e. The number of fused-ring (bicyclic) bond motifs is 1. The van der Waals surface area contributed by atoms with Crippen LogP contribution in [0.3, 0.4) is 0 Å².